The van der Waals surface area contributed by atoms with Crippen LogP contribution in [0.2, 0.25) is 0 Å². The molecule has 0 amide bonds. The van der Waals surface area contributed by atoms with Crippen LogP contribution in [0.25, 0.3) is 0 Å². The molecule has 1 unspecified atom stereocenters. The fourth-order valence-electron chi connectivity index (χ4n) is 1.02. The van der Waals surface area contributed by atoms with Crippen LogP contribution in [0.4, 0.5) is 13.2 Å². The predicted octanol–water partition coefficient (Wildman–Crippen LogP) is 1.63. The zero-order valence-corrected chi connectivity index (χ0v) is 6.94. The third-order valence-corrected chi connectivity index (χ3v) is 1.76. The van der Waals surface area contributed by atoms with Crippen molar-refractivity contribution >= 4 is 0 Å². The zero-order valence-electron chi connectivity index (χ0n) is 6.94. The summed E-state index contributed by atoms with van der Waals surface area (Å²) in [6.45, 7) is 1.43. The molecule has 0 fully saturated rings. The van der Waals surface area contributed by atoms with Crippen LogP contribution in [0.15, 0.2) is 12.1 Å². The summed E-state index contributed by atoms with van der Waals surface area (Å²) in [5.41, 5.74) is 1.76. The Hall–Kier alpha value is -1.07. The number of hydrazine groups is 1. The van der Waals surface area contributed by atoms with Crippen molar-refractivity contribution in [1.29, 1.82) is 0 Å². The van der Waals surface area contributed by atoms with Crippen LogP contribution in [0.5, 0.6) is 0 Å². The summed E-state index contributed by atoms with van der Waals surface area (Å²) in [7, 11) is 0. The van der Waals surface area contributed by atoms with Crippen molar-refractivity contribution in [2.24, 2.45) is 5.84 Å². The fraction of sp³-hybridized carbons (Fsp3) is 0.250. The smallest absolute Gasteiger partial charge is 0.166 e. The van der Waals surface area contributed by atoms with E-state index in [1.54, 1.807) is 0 Å². The molecule has 0 bridgehead atoms. The molecule has 0 aliphatic heterocycles. The van der Waals surface area contributed by atoms with Crippen molar-refractivity contribution in [3.63, 3.8) is 0 Å². The molecule has 0 radical (unpaired) electrons. The first kappa shape index (κ1) is 10.0. The third-order valence-electron chi connectivity index (χ3n) is 1.76. The number of nitrogens with two attached hydrogens (primary N) is 1. The molecule has 1 aromatic rings. The Kier molecular flexibility index (Phi) is 2.90. The van der Waals surface area contributed by atoms with Crippen molar-refractivity contribution in [3.8, 4) is 0 Å². The van der Waals surface area contributed by atoms with E-state index in [-0.39, 0.29) is 5.56 Å². The van der Waals surface area contributed by atoms with Gasteiger partial charge in [0.05, 0.1) is 0 Å². The summed E-state index contributed by atoms with van der Waals surface area (Å²) >= 11 is 0. The lowest BCUT2D eigenvalue weighted by Crippen LogP contribution is -2.27. The highest BCUT2D eigenvalue weighted by molar-refractivity contribution is 5.23. The fourth-order valence-corrected chi connectivity index (χ4v) is 1.02. The first-order valence-corrected chi connectivity index (χ1v) is 3.67. The first-order valence-electron chi connectivity index (χ1n) is 3.67. The molecule has 0 spiro atoms. The van der Waals surface area contributed by atoms with Gasteiger partial charge in [-0.05, 0) is 19.1 Å². The van der Waals surface area contributed by atoms with Crippen molar-refractivity contribution < 1.29 is 13.2 Å². The standard InChI is InChI=1S/C8H9F3N2/c1-4(13-12)7-5(9)2-3-6(10)8(7)11/h2-4,13H,12H2,1H3. The number of hydrogen-bond acceptors (Lipinski definition) is 2. The summed E-state index contributed by atoms with van der Waals surface area (Å²) in [6, 6.07) is 0.828. The summed E-state index contributed by atoms with van der Waals surface area (Å²) in [4.78, 5) is 0. The molecule has 0 heterocycles. The van der Waals surface area contributed by atoms with E-state index >= 15 is 0 Å². The van der Waals surface area contributed by atoms with Crippen LogP contribution in [0.3, 0.4) is 0 Å². The average Bonchev–Trinajstić information content (AvgIpc) is 2.12. The van der Waals surface area contributed by atoms with Crippen LogP contribution in [-0.2, 0) is 0 Å². The Morgan fingerprint density at radius 3 is 2.31 bits per heavy atom. The van der Waals surface area contributed by atoms with Crippen molar-refractivity contribution in [2.75, 3.05) is 0 Å². The minimum Gasteiger partial charge on any atom is -0.271 e. The topological polar surface area (TPSA) is 38.0 Å². The molecule has 0 saturated heterocycles. The van der Waals surface area contributed by atoms with E-state index < -0.39 is 23.5 Å². The first-order chi connectivity index (χ1) is 6.07. The lowest BCUT2D eigenvalue weighted by atomic mass is 10.1. The number of nitrogens with one attached hydrogen (secondary N) is 1. The molecule has 1 rings (SSSR count). The van der Waals surface area contributed by atoms with E-state index in [2.05, 4.69) is 5.43 Å². The second-order valence-corrected chi connectivity index (χ2v) is 2.65. The minimum absolute atomic E-state index is 0.387. The summed E-state index contributed by atoms with van der Waals surface area (Å²) < 4.78 is 38.6. The summed E-state index contributed by atoms with van der Waals surface area (Å²) in [6.07, 6.45) is 0. The molecule has 0 aromatic heterocycles. The van der Waals surface area contributed by atoms with Gasteiger partial charge < -0.3 is 0 Å². The molecular formula is C8H9F3N2. The molecule has 0 aliphatic carbocycles. The highest BCUT2D eigenvalue weighted by Gasteiger charge is 2.18. The van der Waals surface area contributed by atoms with E-state index in [1.165, 1.54) is 6.92 Å². The van der Waals surface area contributed by atoms with Gasteiger partial charge in [-0.2, -0.15) is 0 Å². The molecule has 1 aromatic carbocycles. The van der Waals surface area contributed by atoms with Crippen LogP contribution < -0.4 is 11.3 Å². The van der Waals surface area contributed by atoms with Crippen LogP contribution >= 0.6 is 0 Å². The largest absolute Gasteiger partial charge is 0.271 e. The molecule has 13 heavy (non-hydrogen) atoms. The van der Waals surface area contributed by atoms with Gasteiger partial charge in [0.25, 0.3) is 0 Å². The van der Waals surface area contributed by atoms with E-state index in [0.717, 1.165) is 12.1 Å². The minimum atomic E-state index is -1.20. The second kappa shape index (κ2) is 3.76. The van der Waals surface area contributed by atoms with Gasteiger partial charge in [-0.1, -0.05) is 0 Å². The van der Waals surface area contributed by atoms with Crippen LogP contribution in [0, 0.1) is 17.5 Å². The number of benzene rings is 1. The molecule has 1 atom stereocenters. The molecule has 0 saturated carbocycles. The molecule has 3 N–H and O–H groups in total. The van der Waals surface area contributed by atoms with E-state index in [1.807, 2.05) is 0 Å². The highest BCUT2D eigenvalue weighted by Crippen LogP contribution is 2.21. The van der Waals surface area contributed by atoms with E-state index in [4.69, 9.17) is 5.84 Å². The monoisotopic (exact) mass is 190 g/mol. The molecule has 0 aliphatic rings. The Morgan fingerprint density at radius 1 is 1.23 bits per heavy atom. The predicted molar refractivity (Wildman–Crippen MR) is 42.1 cm³/mol. The number of rotatable bonds is 2. The van der Waals surface area contributed by atoms with Gasteiger partial charge in [0.15, 0.2) is 11.6 Å². The second-order valence-electron chi connectivity index (χ2n) is 2.65. The normalized spacial score (nSPS) is 13.0. The molecule has 2 nitrogen and oxygen atoms in total. The lowest BCUT2D eigenvalue weighted by molar-refractivity contribution is 0.451. The third kappa shape index (κ3) is 1.81. The van der Waals surface area contributed by atoms with Crippen molar-refractivity contribution in [3.05, 3.63) is 35.1 Å². The Bertz CT molecular complexity index is 315. The maximum Gasteiger partial charge on any atom is 0.166 e. The molecule has 72 valence electrons. The number of halogens is 3. The highest BCUT2D eigenvalue weighted by atomic mass is 19.2. The Morgan fingerprint density at radius 2 is 1.77 bits per heavy atom. The Balaban J connectivity index is 3.25. The van der Waals surface area contributed by atoms with Gasteiger partial charge in [-0.15, -0.1) is 0 Å². The van der Waals surface area contributed by atoms with Crippen molar-refractivity contribution in [2.45, 2.75) is 13.0 Å². The SMILES string of the molecule is CC(NN)c1c(F)ccc(F)c1F. The van der Waals surface area contributed by atoms with E-state index in [9.17, 15) is 13.2 Å². The Labute approximate surface area is 73.5 Å². The zero-order chi connectivity index (χ0) is 10.0. The van der Waals surface area contributed by atoms with E-state index in [0.29, 0.717) is 0 Å². The molecular weight excluding hydrogens is 181 g/mol. The maximum absolute atomic E-state index is 13.0. The quantitative estimate of drug-likeness (QED) is 0.422. The van der Waals surface area contributed by atoms with Gasteiger partial charge in [-0.25, -0.2) is 13.2 Å². The van der Waals surface area contributed by atoms with Gasteiger partial charge in [-0.3, -0.25) is 11.3 Å². The molecule has 5 heteroatoms. The van der Waals surface area contributed by atoms with Crippen LogP contribution in [0.1, 0.15) is 18.5 Å². The van der Waals surface area contributed by atoms with Gasteiger partial charge >= 0.3 is 0 Å². The van der Waals surface area contributed by atoms with Crippen LogP contribution in [-0.4, -0.2) is 0 Å². The van der Waals surface area contributed by atoms with Gasteiger partial charge in [0, 0.05) is 11.6 Å². The van der Waals surface area contributed by atoms with Crippen molar-refractivity contribution in [1.82, 2.24) is 5.43 Å². The number of hydrogen-bond donors (Lipinski definition) is 2. The maximum atomic E-state index is 13.0. The van der Waals surface area contributed by atoms with Gasteiger partial charge in [0.1, 0.15) is 5.82 Å². The lowest BCUT2D eigenvalue weighted by Gasteiger charge is -2.12. The van der Waals surface area contributed by atoms with Gasteiger partial charge in [0.2, 0.25) is 0 Å². The summed E-state index contributed by atoms with van der Waals surface area (Å²) in [5, 5.41) is 0. The summed E-state index contributed by atoms with van der Waals surface area (Å²) in [5.74, 6) is 1.88. The average molecular weight is 190 g/mol.